The predicted octanol–water partition coefficient (Wildman–Crippen LogP) is 2.03. The molecule has 0 saturated heterocycles. The van der Waals surface area contributed by atoms with E-state index in [1.54, 1.807) is 4.68 Å². The second-order valence-corrected chi connectivity index (χ2v) is 6.35. The highest BCUT2D eigenvalue weighted by molar-refractivity contribution is 7.21. The van der Waals surface area contributed by atoms with Crippen LogP contribution in [0.3, 0.4) is 0 Å². The fourth-order valence-electron chi connectivity index (χ4n) is 2.28. The lowest BCUT2D eigenvalue weighted by Gasteiger charge is -2.20. The smallest absolute Gasteiger partial charge is 0.357 e. The lowest BCUT2D eigenvalue weighted by atomic mass is 9.99. The summed E-state index contributed by atoms with van der Waals surface area (Å²) in [6, 6.07) is 0.0470. The molecule has 3 aromatic heterocycles. The van der Waals surface area contributed by atoms with Gasteiger partial charge in [-0.3, -0.25) is 4.68 Å². The Labute approximate surface area is 130 Å². The second-order valence-electron chi connectivity index (χ2n) is 5.37. The molecule has 3 aromatic rings. The zero-order valence-electron chi connectivity index (χ0n) is 12.4. The third-order valence-corrected chi connectivity index (χ3v) is 4.30. The first-order valence-corrected chi connectivity index (χ1v) is 7.60. The Bertz CT molecular complexity index is 818. The van der Waals surface area contributed by atoms with Gasteiger partial charge in [-0.25, -0.2) is 14.3 Å². The molecule has 116 valence electrons. The molecule has 0 spiro atoms. The van der Waals surface area contributed by atoms with Crippen LogP contribution in [-0.4, -0.2) is 35.5 Å². The number of aryl methyl sites for hydroxylation is 1. The van der Waals surface area contributed by atoms with Crippen molar-refractivity contribution < 1.29 is 9.90 Å². The largest absolute Gasteiger partial charge is 0.476 e. The summed E-state index contributed by atoms with van der Waals surface area (Å²) in [4.78, 5) is 15.5. The van der Waals surface area contributed by atoms with E-state index in [9.17, 15) is 4.79 Å². The van der Waals surface area contributed by atoms with Crippen LogP contribution in [0.1, 0.15) is 35.9 Å². The van der Waals surface area contributed by atoms with E-state index in [0.29, 0.717) is 15.9 Å². The minimum absolute atomic E-state index is 0.0213. The Morgan fingerprint density at radius 3 is 2.82 bits per heavy atom. The third kappa shape index (κ3) is 2.54. The third-order valence-electron chi connectivity index (χ3n) is 3.33. The first-order chi connectivity index (χ1) is 10.5. The second kappa shape index (κ2) is 5.41. The van der Waals surface area contributed by atoms with E-state index in [0.717, 1.165) is 5.56 Å². The maximum atomic E-state index is 11.1. The highest BCUT2D eigenvalue weighted by Gasteiger charge is 2.21. The van der Waals surface area contributed by atoms with Gasteiger partial charge in [0.15, 0.2) is 10.5 Å². The van der Waals surface area contributed by atoms with Crippen LogP contribution < -0.4 is 5.32 Å². The van der Waals surface area contributed by atoms with Crippen molar-refractivity contribution in [3.8, 4) is 0 Å². The molecule has 0 aliphatic carbocycles. The van der Waals surface area contributed by atoms with Crippen molar-refractivity contribution in [2.45, 2.75) is 19.9 Å². The van der Waals surface area contributed by atoms with Gasteiger partial charge in [0.2, 0.25) is 5.13 Å². The van der Waals surface area contributed by atoms with E-state index in [1.165, 1.54) is 22.2 Å². The molecule has 0 bridgehead atoms. The number of hydrogen-bond acceptors (Lipinski definition) is 6. The van der Waals surface area contributed by atoms with Crippen LogP contribution in [0.15, 0.2) is 18.7 Å². The van der Waals surface area contributed by atoms with Crippen LogP contribution in [-0.2, 0) is 7.05 Å². The summed E-state index contributed by atoms with van der Waals surface area (Å²) in [6.07, 6.45) is 5.19. The summed E-state index contributed by atoms with van der Waals surface area (Å²) < 4.78 is 3.24. The molecule has 3 heterocycles. The minimum atomic E-state index is -1.05. The van der Waals surface area contributed by atoms with Crippen LogP contribution in [0.2, 0.25) is 0 Å². The zero-order valence-corrected chi connectivity index (χ0v) is 13.2. The lowest BCUT2D eigenvalue weighted by molar-refractivity contribution is 0.0693. The molecule has 0 fully saturated rings. The van der Waals surface area contributed by atoms with Crippen molar-refractivity contribution in [1.29, 1.82) is 0 Å². The number of hydrogen-bond donors (Lipinski definition) is 2. The van der Waals surface area contributed by atoms with E-state index in [-0.39, 0.29) is 11.7 Å². The van der Waals surface area contributed by atoms with Crippen molar-refractivity contribution in [3.63, 3.8) is 0 Å². The lowest BCUT2D eigenvalue weighted by Crippen LogP contribution is -2.16. The first kappa shape index (κ1) is 14.5. The van der Waals surface area contributed by atoms with Gasteiger partial charge < -0.3 is 10.4 Å². The molecular weight excluding hydrogens is 304 g/mol. The normalized spacial score (nSPS) is 12.9. The van der Waals surface area contributed by atoms with Gasteiger partial charge in [-0.2, -0.15) is 5.10 Å². The van der Waals surface area contributed by atoms with Crippen LogP contribution in [0.4, 0.5) is 5.13 Å². The molecule has 8 nitrogen and oxygen atoms in total. The first-order valence-electron chi connectivity index (χ1n) is 6.78. The standard InChI is InChI=1S/C13H16N6O2S/c1-7(2)9(8-4-15-18(3)5-8)16-13-17-19-6-14-10(12(20)21)11(19)22-13/h4-7,9H,1-3H3,(H,16,17)(H,20,21). The van der Waals surface area contributed by atoms with Gasteiger partial charge in [0.05, 0.1) is 12.2 Å². The van der Waals surface area contributed by atoms with Gasteiger partial charge in [-0.05, 0) is 5.92 Å². The Morgan fingerprint density at radius 1 is 1.45 bits per heavy atom. The van der Waals surface area contributed by atoms with Crippen molar-refractivity contribution in [2.24, 2.45) is 13.0 Å². The number of rotatable bonds is 5. The van der Waals surface area contributed by atoms with Gasteiger partial charge in [0, 0.05) is 18.8 Å². The average molecular weight is 320 g/mol. The van der Waals surface area contributed by atoms with E-state index in [2.05, 4.69) is 34.3 Å². The molecule has 0 aromatic carbocycles. The topological polar surface area (TPSA) is 97.3 Å². The highest BCUT2D eigenvalue weighted by atomic mass is 32.1. The summed E-state index contributed by atoms with van der Waals surface area (Å²) in [7, 11) is 1.87. The average Bonchev–Trinajstić information content (AvgIpc) is 3.09. The summed E-state index contributed by atoms with van der Waals surface area (Å²) in [6.45, 7) is 4.21. The maximum absolute atomic E-state index is 11.1. The molecular formula is C13H16N6O2S. The maximum Gasteiger partial charge on any atom is 0.357 e. The molecule has 0 aliphatic heterocycles. The SMILES string of the molecule is CC(C)C(Nc1nn2cnc(C(=O)O)c2s1)c1cnn(C)c1. The monoisotopic (exact) mass is 320 g/mol. The molecule has 2 N–H and O–H groups in total. The number of aromatic carboxylic acids is 1. The predicted molar refractivity (Wildman–Crippen MR) is 82.2 cm³/mol. The number of aromatic nitrogens is 5. The fraction of sp³-hybridized carbons (Fsp3) is 0.385. The molecule has 0 amide bonds. The van der Waals surface area contributed by atoms with Crippen molar-refractivity contribution in [2.75, 3.05) is 5.32 Å². The number of fused-ring (bicyclic) bond motifs is 1. The van der Waals surface area contributed by atoms with E-state index in [4.69, 9.17) is 5.11 Å². The molecule has 1 unspecified atom stereocenters. The van der Waals surface area contributed by atoms with E-state index >= 15 is 0 Å². The Hall–Kier alpha value is -2.42. The van der Waals surface area contributed by atoms with Gasteiger partial charge in [-0.1, -0.05) is 25.2 Å². The number of imidazole rings is 1. The number of nitrogens with zero attached hydrogens (tertiary/aromatic N) is 5. The van der Waals surface area contributed by atoms with E-state index < -0.39 is 5.97 Å². The summed E-state index contributed by atoms with van der Waals surface area (Å²) in [5.74, 6) is -0.727. The van der Waals surface area contributed by atoms with Gasteiger partial charge >= 0.3 is 5.97 Å². The number of carboxylic acids is 1. The fourth-order valence-corrected chi connectivity index (χ4v) is 3.19. The number of carbonyl (C=O) groups is 1. The van der Waals surface area contributed by atoms with Crippen LogP contribution in [0, 0.1) is 5.92 Å². The van der Waals surface area contributed by atoms with E-state index in [1.807, 2.05) is 19.4 Å². The van der Waals surface area contributed by atoms with Gasteiger partial charge in [0.1, 0.15) is 6.33 Å². The van der Waals surface area contributed by atoms with Crippen LogP contribution >= 0.6 is 11.3 Å². The van der Waals surface area contributed by atoms with Gasteiger partial charge in [-0.15, -0.1) is 5.10 Å². The Kier molecular flexibility index (Phi) is 3.57. The highest BCUT2D eigenvalue weighted by Crippen LogP contribution is 2.29. The molecule has 3 rings (SSSR count). The molecule has 22 heavy (non-hydrogen) atoms. The van der Waals surface area contributed by atoms with Crippen molar-refractivity contribution >= 4 is 27.3 Å². The Morgan fingerprint density at radius 2 is 2.23 bits per heavy atom. The summed E-state index contributed by atoms with van der Waals surface area (Å²) in [5.41, 5.74) is 1.09. The molecule has 1 atom stereocenters. The van der Waals surface area contributed by atoms with Gasteiger partial charge in [0.25, 0.3) is 0 Å². The van der Waals surface area contributed by atoms with Crippen molar-refractivity contribution in [1.82, 2.24) is 24.4 Å². The Balaban J connectivity index is 1.91. The zero-order chi connectivity index (χ0) is 15.9. The molecule has 9 heteroatoms. The molecule has 0 aliphatic rings. The quantitative estimate of drug-likeness (QED) is 0.746. The summed E-state index contributed by atoms with van der Waals surface area (Å²) >= 11 is 1.28. The van der Waals surface area contributed by atoms with Crippen LogP contribution in [0.5, 0.6) is 0 Å². The number of nitrogens with one attached hydrogen (secondary N) is 1. The van der Waals surface area contributed by atoms with Crippen molar-refractivity contribution in [3.05, 3.63) is 30.0 Å². The number of carboxylic acid groups (broad SMARTS) is 1. The molecule has 0 saturated carbocycles. The minimum Gasteiger partial charge on any atom is -0.476 e. The summed E-state index contributed by atoms with van der Waals surface area (Å²) in [5, 5.41) is 21.7. The molecule has 0 radical (unpaired) electrons. The van der Waals surface area contributed by atoms with Crippen LogP contribution in [0.25, 0.3) is 4.83 Å². The number of anilines is 1.